The molecule has 0 bridgehead atoms. The number of nitrogens with two attached hydrogens (primary N) is 1. The molecule has 3 unspecified atom stereocenters. The maximum absolute atomic E-state index is 12.4. The molecule has 0 aliphatic carbocycles. The molecule has 20 heavy (non-hydrogen) atoms. The van der Waals surface area contributed by atoms with E-state index in [1.807, 2.05) is 0 Å². The minimum atomic E-state index is -1.12. The largest absolute Gasteiger partial charge is 0.391 e. The lowest BCUT2D eigenvalue weighted by Crippen LogP contribution is -2.56. The van der Waals surface area contributed by atoms with Crippen LogP contribution in [0.4, 0.5) is 0 Å². The van der Waals surface area contributed by atoms with Crippen molar-refractivity contribution in [3.63, 3.8) is 0 Å². The number of likely N-dealkylation sites (N-methyl/N-ethyl adjacent to an activating group) is 2. The molecule has 0 aromatic heterocycles. The van der Waals surface area contributed by atoms with E-state index in [-0.39, 0.29) is 11.8 Å². The highest BCUT2D eigenvalue weighted by Gasteiger charge is 2.45. The van der Waals surface area contributed by atoms with Gasteiger partial charge < -0.3 is 26.4 Å². The standard InChI is InChI=1S/C12H22N4O4/c1-5-7(14-3)11(19)15-8(5)12(20)16(4)9(6(2)17)10(13)18/h5-9,14,17H,1-4H3,(H2,13,18)(H,15,19)/t5?,6-,7?,8?,9+/m1/s1. The number of hydrogen-bond acceptors (Lipinski definition) is 5. The van der Waals surface area contributed by atoms with E-state index in [9.17, 15) is 19.5 Å². The van der Waals surface area contributed by atoms with Crippen LogP contribution in [0.2, 0.25) is 0 Å². The second-order valence-electron chi connectivity index (χ2n) is 5.15. The first kappa shape index (κ1) is 16.4. The Labute approximate surface area is 117 Å². The van der Waals surface area contributed by atoms with Crippen molar-refractivity contribution >= 4 is 17.7 Å². The molecular weight excluding hydrogens is 264 g/mol. The summed E-state index contributed by atoms with van der Waals surface area (Å²) in [6, 6.07) is -2.33. The van der Waals surface area contributed by atoms with Gasteiger partial charge in [-0.1, -0.05) is 6.92 Å². The fourth-order valence-electron chi connectivity index (χ4n) is 2.59. The fraction of sp³-hybridized carbons (Fsp3) is 0.750. The Morgan fingerprint density at radius 1 is 1.50 bits per heavy atom. The van der Waals surface area contributed by atoms with Crippen LogP contribution in [-0.2, 0) is 14.4 Å². The van der Waals surface area contributed by atoms with Crippen LogP contribution >= 0.6 is 0 Å². The second kappa shape index (κ2) is 6.19. The minimum absolute atomic E-state index is 0.264. The summed E-state index contributed by atoms with van der Waals surface area (Å²) in [6.45, 7) is 3.14. The topological polar surface area (TPSA) is 125 Å². The van der Waals surface area contributed by atoms with Crippen LogP contribution in [0.25, 0.3) is 0 Å². The van der Waals surface area contributed by atoms with Gasteiger partial charge in [0, 0.05) is 13.0 Å². The highest BCUT2D eigenvalue weighted by molar-refractivity contribution is 5.96. The van der Waals surface area contributed by atoms with Gasteiger partial charge in [0.15, 0.2) is 0 Å². The SMILES string of the molecule is CNC1C(=O)NC(C(=O)N(C)[C@H](C(N)=O)[C@@H](C)O)C1C. The molecule has 1 heterocycles. The predicted molar refractivity (Wildman–Crippen MR) is 71.4 cm³/mol. The van der Waals surface area contributed by atoms with Gasteiger partial charge in [-0.15, -0.1) is 0 Å². The van der Waals surface area contributed by atoms with E-state index in [4.69, 9.17) is 5.73 Å². The van der Waals surface area contributed by atoms with Crippen LogP contribution in [0.1, 0.15) is 13.8 Å². The number of nitrogens with one attached hydrogen (secondary N) is 2. The van der Waals surface area contributed by atoms with E-state index in [0.717, 1.165) is 4.90 Å². The van der Waals surface area contributed by atoms with E-state index in [0.29, 0.717) is 0 Å². The minimum Gasteiger partial charge on any atom is -0.391 e. The van der Waals surface area contributed by atoms with Crippen LogP contribution < -0.4 is 16.4 Å². The molecule has 0 aromatic rings. The van der Waals surface area contributed by atoms with Crippen molar-refractivity contribution in [1.29, 1.82) is 0 Å². The van der Waals surface area contributed by atoms with Crippen molar-refractivity contribution in [2.24, 2.45) is 11.7 Å². The van der Waals surface area contributed by atoms with Crippen molar-refractivity contribution in [3.05, 3.63) is 0 Å². The molecule has 0 spiro atoms. The van der Waals surface area contributed by atoms with Crippen LogP contribution in [0.15, 0.2) is 0 Å². The molecule has 1 fully saturated rings. The summed E-state index contributed by atoms with van der Waals surface area (Å²) in [7, 11) is 3.02. The van der Waals surface area contributed by atoms with Crippen molar-refractivity contribution in [1.82, 2.24) is 15.5 Å². The van der Waals surface area contributed by atoms with Gasteiger partial charge in [0.05, 0.1) is 12.1 Å². The molecule has 1 aliphatic rings. The number of nitrogens with zero attached hydrogens (tertiary/aromatic N) is 1. The number of carbonyl (C=O) groups is 3. The molecule has 1 aliphatic heterocycles. The Kier molecular flexibility index (Phi) is 5.07. The Morgan fingerprint density at radius 2 is 2.05 bits per heavy atom. The summed E-state index contributed by atoms with van der Waals surface area (Å²) >= 11 is 0. The quantitative estimate of drug-likeness (QED) is 0.441. The second-order valence-corrected chi connectivity index (χ2v) is 5.15. The number of amides is 3. The lowest BCUT2D eigenvalue weighted by molar-refractivity contribution is -0.143. The summed E-state index contributed by atoms with van der Waals surface area (Å²) in [5.74, 6) is -1.78. The maximum Gasteiger partial charge on any atom is 0.246 e. The first-order valence-corrected chi connectivity index (χ1v) is 6.44. The van der Waals surface area contributed by atoms with Gasteiger partial charge in [0.1, 0.15) is 12.1 Å². The molecule has 1 saturated heterocycles. The fourth-order valence-corrected chi connectivity index (χ4v) is 2.59. The molecule has 5 N–H and O–H groups in total. The molecule has 0 saturated carbocycles. The Balaban J connectivity index is 2.90. The molecule has 5 atom stereocenters. The number of primary amides is 1. The lowest BCUT2D eigenvalue weighted by Gasteiger charge is -2.31. The van der Waals surface area contributed by atoms with Gasteiger partial charge in [-0.05, 0) is 14.0 Å². The molecular formula is C12H22N4O4. The molecule has 0 radical (unpaired) electrons. The van der Waals surface area contributed by atoms with Crippen LogP contribution in [0, 0.1) is 5.92 Å². The lowest BCUT2D eigenvalue weighted by atomic mass is 9.97. The zero-order valence-corrected chi connectivity index (χ0v) is 12.1. The van der Waals surface area contributed by atoms with Crippen LogP contribution in [-0.4, -0.2) is 66.1 Å². The van der Waals surface area contributed by atoms with Gasteiger partial charge in [-0.3, -0.25) is 14.4 Å². The zero-order chi connectivity index (χ0) is 15.6. The van der Waals surface area contributed by atoms with Crippen LogP contribution in [0.5, 0.6) is 0 Å². The van der Waals surface area contributed by atoms with Crippen molar-refractivity contribution in [3.8, 4) is 0 Å². The molecule has 114 valence electrons. The van der Waals surface area contributed by atoms with E-state index in [1.165, 1.54) is 14.0 Å². The first-order chi connectivity index (χ1) is 9.22. The summed E-state index contributed by atoms with van der Waals surface area (Å²) in [5, 5.41) is 15.0. The Hall–Kier alpha value is -1.67. The predicted octanol–water partition coefficient (Wildman–Crippen LogP) is -2.60. The monoisotopic (exact) mass is 286 g/mol. The first-order valence-electron chi connectivity index (χ1n) is 6.44. The van der Waals surface area contributed by atoms with Gasteiger partial charge in [-0.2, -0.15) is 0 Å². The molecule has 3 amide bonds. The van der Waals surface area contributed by atoms with Gasteiger partial charge in [-0.25, -0.2) is 0 Å². The number of carbonyl (C=O) groups excluding carboxylic acids is 3. The van der Waals surface area contributed by atoms with Crippen LogP contribution in [0.3, 0.4) is 0 Å². The summed E-state index contributed by atoms with van der Waals surface area (Å²) in [6.07, 6.45) is -1.09. The molecule has 8 heteroatoms. The maximum atomic E-state index is 12.4. The van der Waals surface area contributed by atoms with E-state index >= 15 is 0 Å². The number of aliphatic hydroxyl groups excluding tert-OH is 1. The summed E-state index contributed by atoms with van der Waals surface area (Å²) in [5.41, 5.74) is 5.20. The highest BCUT2D eigenvalue weighted by Crippen LogP contribution is 2.19. The van der Waals surface area contributed by atoms with Gasteiger partial charge >= 0.3 is 0 Å². The third kappa shape index (κ3) is 2.91. The molecule has 1 rings (SSSR count). The molecule has 8 nitrogen and oxygen atoms in total. The summed E-state index contributed by atoms with van der Waals surface area (Å²) in [4.78, 5) is 36.5. The van der Waals surface area contributed by atoms with E-state index in [2.05, 4.69) is 10.6 Å². The zero-order valence-electron chi connectivity index (χ0n) is 12.1. The smallest absolute Gasteiger partial charge is 0.246 e. The van der Waals surface area contributed by atoms with E-state index < -0.39 is 36.0 Å². The third-order valence-electron chi connectivity index (χ3n) is 3.72. The van der Waals surface area contributed by atoms with Crippen molar-refractivity contribution < 1.29 is 19.5 Å². The number of hydrogen-bond donors (Lipinski definition) is 4. The Bertz CT molecular complexity index is 412. The number of rotatable bonds is 5. The number of aliphatic hydroxyl groups is 1. The Morgan fingerprint density at radius 3 is 2.40 bits per heavy atom. The van der Waals surface area contributed by atoms with Gasteiger partial charge in [0.25, 0.3) is 0 Å². The van der Waals surface area contributed by atoms with Crippen molar-refractivity contribution in [2.45, 2.75) is 38.1 Å². The normalized spacial score (nSPS) is 28.6. The summed E-state index contributed by atoms with van der Waals surface area (Å²) < 4.78 is 0. The highest BCUT2D eigenvalue weighted by atomic mass is 16.3. The average molecular weight is 286 g/mol. The average Bonchev–Trinajstić information content (AvgIpc) is 2.62. The van der Waals surface area contributed by atoms with Gasteiger partial charge in [0.2, 0.25) is 17.7 Å². The van der Waals surface area contributed by atoms with E-state index in [1.54, 1.807) is 14.0 Å². The van der Waals surface area contributed by atoms with Crippen molar-refractivity contribution in [2.75, 3.05) is 14.1 Å². The molecule has 0 aromatic carbocycles. The third-order valence-corrected chi connectivity index (χ3v) is 3.72.